The summed E-state index contributed by atoms with van der Waals surface area (Å²) in [4.78, 5) is 12.8. The Bertz CT molecular complexity index is 1380. The van der Waals surface area contributed by atoms with E-state index in [9.17, 15) is 22.0 Å². The number of fused-ring (bicyclic) bond motifs is 1. The molecule has 0 unspecified atom stereocenters. The van der Waals surface area contributed by atoms with Gasteiger partial charge < -0.3 is 5.32 Å². The first-order valence-corrected chi connectivity index (χ1v) is 11.6. The molecule has 1 amide bonds. The molecule has 0 spiro atoms. The average molecular weight is 475 g/mol. The maximum atomic E-state index is 14.0. The van der Waals surface area contributed by atoms with Crippen molar-refractivity contribution in [1.29, 1.82) is 0 Å². The summed E-state index contributed by atoms with van der Waals surface area (Å²) < 4.78 is 64.0. The summed E-state index contributed by atoms with van der Waals surface area (Å²) in [6.07, 6.45) is 0.00000890. The summed E-state index contributed by atoms with van der Waals surface area (Å²) in [6.45, 7) is 0. The molecule has 0 aliphatic rings. The third-order valence-electron chi connectivity index (χ3n) is 4.62. The maximum Gasteiger partial charge on any atom is 0.243 e. The molecule has 3 aromatic carbocycles. The van der Waals surface area contributed by atoms with Gasteiger partial charge in [0.2, 0.25) is 15.9 Å². The first-order chi connectivity index (χ1) is 15.3. The summed E-state index contributed by atoms with van der Waals surface area (Å²) in [5.74, 6) is -2.57. The number of carbonyl (C=O) groups excluding carboxylic acids is 1. The molecule has 4 aromatic rings. The monoisotopic (exact) mass is 474 g/mol. The number of halogens is 2. The van der Waals surface area contributed by atoms with Crippen LogP contribution in [0.15, 0.2) is 71.6 Å². The summed E-state index contributed by atoms with van der Waals surface area (Å²) in [5.41, 5.74) is 1.02. The Balaban J connectivity index is 1.66. The second-order valence-electron chi connectivity index (χ2n) is 6.87. The van der Waals surface area contributed by atoms with Gasteiger partial charge in [0.15, 0.2) is 0 Å². The van der Waals surface area contributed by atoms with Gasteiger partial charge in [-0.3, -0.25) is 4.79 Å². The molecular weight excluding hydrogens is 458 g/mol. The van der Waals surface area contributed by atoms with E-state index in [0.717, 1.165) is 23.9 Å². The fourth-order valence-corrected chi connectivity index (χ4v) is 5.06. The van der Waals surface area contributed by atoms with E-state index in [1.807, 2.05) is 0 Å². The van der Waals surface area contributed by atoms with Gasteiger partial charge in [-0.25, -0.2) is 17.2 Å². The number of aromatic nitrogens is 2. The number of sulfonamides is 1. The average Bonchev–Trinajstić information content (AvgIpc) is 3.24. The molecule has 11 heteroatoms. The Morgan fingerprint density at radius 1 is 1.00 bits per heavy atom. The molecule has 0 aliphatic heterocycles. The van der Waals surface area contributed by atoms with Crippen LogP contribution in [0.2, 0.25) is 0 Å². The van der Waals surface area contributed by atoms with Gasteiger partial charge in [-0.15, -0.1) is 0 Å². The molecule has 0 saturated heterocycles. The zero-order chi connectivity index (χ0) is 22.7. The second kappa shape index (κ2) is 9.07. The maximum absolute atomic E-state index is 14.0. The Kier molecular flexibility index (Phi) is 6.21. The molecule has 0 aliphatic carbocycles. The van der Waals surface area contributed by atoms with Crippen molar-refractivity contribution in [2.75, 3.05) is 5.32 Å². The number of rotatable bonds is 7. The largest absolute Gasteiger partial charge is 0.322 e. The van der Waals surface area contributed by atoms with Gasteiger partial charge in [-0.2, -0.15) is 13.5 Å². The molecular formula is C21H16F2N4O3S2. The van der Waals surface area contributed by atoms with Crippen LogP contribution in [0.4, 0.5) is 14.5 Å². The third kappa shape index (κ3) is 4.79. The van der Waals surface area contributed by atoms with Crippen LogP contribution >= 0.6 is 11.7 Å². The standard InChI is InChI=1S/C21H16F2N4O3S2/c22-14-9-10-16(15(23)12-14)24-21(28)18(11-13-5-2-1-3-6-13)27-32(29,30)19-8-4-7-17-20(19)26-31-25-17/h1-10,12,18,27H,11H2,(H,24,28)/t18-/m1/s1. The molecule has 1 aromatic heterocycles. The summed E-state index contributed by atoms with van der Waals surface area (Å²) in [7, 11) is -4.19. The van der Waals surface area contributed by atoms with E-state index in [0.29, 0.717) is 17.1 Å². The minimum atomic E-state index is -4.19. The molecule has 164 valence electrons. The zero-order valence-electron chi connectivity index (χ0n) is 16.3. The van der Waals surface area contributed by atoms with Crippen LogP contribution < -0.4 is 10.0 Å². The number of benzene rings is 3. The molecule has 32 heavy (non-hydrogen) atoms. The molecule has 0 fully saturated rings. The minimum absolute atomic E-state index is 0.00000890. The van der Waals surface area contributed by atoms with Gasteiger partial charge in [-0.05, 0) is 36.2 Å². The number of anilines is 1. The van der Waals surface area contributed by atoms with Crippen LogP contribution in [0.5, 0.6) is 0 Å². The predicted octanol–water partition coefficient (Wildman–Crippen LogP) is 3.50. The van der Waals surface area contributed by atoms with Crippen LogP contribution in [0.3, 0.4) is 0 Å². The van der Waals surface area contributed by atoms with E-state index in [1.165, 1.54) is 12.1 Å². The van der Waals surface area contributed by atoms with Crippen LogP contribution in [0.25, 0.3) is 11.0 Å². The van der Waals surface area contributed by atoms with Gasteiger partial charge in [-0.1, -0.05) is 36.4 Å². The lowest BCUT2D eigenvalue weighted by Crippen LogP contribution is -2.45. The quantitative estimate of drug-likeness (QED) is 0.427. The van der Waals surface area contributed by atoms with Crippen molar-refractivity contribution in [3.8, 4) is 0 Å². The van der Waals surface area contributed by atoms with Crippen LogP contribution in [0.1, 0.15) is 5.56 Å². The van der Waals surface area contributed by atoms with Gasteiger partial charge in [0.05, 0.1) is 17.4 Å². The molecule has 0 radical (unpaired) electrons. The first kappa shape index (κ1) is 21.9. The van der Waals surface area contributed by atoms with E-state index < -0.39 is 33.6 Å². The first-order valence-electron chi connectivity index (χ1n) is 9.37. The Labute approximate surface area is 186 Å². The summed E-state index contributed by atoms with van der Waals surface area (Å²) >= 11 is 0.872. The lowest BCUT2D eigenvalue weighted by atomic mass is 10.1. The van der Waals surface area contributed by atoms with E-state index >= 15 is 0 Å². The van der Waals surface area contributed by atoms with Gasteiger partial charge in [0.25, 0.3) is 0 Å². The van der Waals surface area contributed by atoms with E-state index in [-0.39, 0.29) is 22.5 Å². The topological polar surface area (TPSA) is 101 Å². The molecule has 0 saturated carbocycles. The lowest BCUT2D eigenvalue weighted by Gasteiger charge is -2.19. The van der Waals surface area contributed by atoms with Gasteiger partial charge >= 0.3 is 0 Å². The normalized spacial score (nSPS) is 12.6. The molecule has 1 atom stereocenters. The fraction of sp³-hybridized carbons (Fsp3) is 0.0952. The highest BCUT2D eigenvalue weighted by atomic mass is 32.2. The lowest BCUT2D eigenvalue weighted by molar-refractivity contribution is -0.117. The number of nitrogens with zero attached hydrogens (tertiary/aromatic N) is 2. The number of amides is 1. The van der Waals surface area contributed by atoms with Gasteiger partial charge in [0, 0.05) is 6.07 Å². The van der Waals surface area contributed by atoms with Crippen molar-refractivity contribution in [2.45, 2.75) is 17.4 Å². The molecule has 4 rings (SSSR count). The number of hydrogen-bond donors (Lipinski definition) is 2. The van der Waals surface area contributed by atoms with E-state index in [2.05, 4.69) is 18.8 Å². The van der Waals surface area contributed by atoms with E-state index in [4.69, 9.17) is 0 Å². The number of carbonyl (C=O) groups is 1. The highest BCUT2D eigenvalue weighted by Crippen LogP contribution is 2.22. The van der Waals surface area contributed by atoms with Crippen molar-refractivity contribution in [3.63, 3.8) is 0 Å². The van der Waals surface area contributed by atoms with Crippen molar-refractivity contribution in [3.05, 3.63) is 83.9 Å². The zero-order valence-corrected chi connectivity index (χ0v) is 18.0. The predicted molar refractivity (Wildman–Crippen MR) is 117 cm³/mol. The molecule has 0 bridgehead atoms. The van der Waals surface area contributed by atoms with Crippen molar-refractivity contribution in [1.82, 2.24) is 13.5 Å². The Hall–Kier alpha value is -3.28. The van der Waals surface area contributed by atoms with Crippen LogP contribution in [-0.4, -0.2) is 29.1 Å². The fourth-order valence-electron chi connectivity index (χ4n) is 3.10. The molecule has 7 nitrogen and oxygen atoms in total. The van der Waals surface area contributed by atoms with Crippen LogP contribution in [0, 0.1) is 11.6 Å². The highest BCUT2D eigenvalue weighted by Gasteiger charge is 2.28. The number of hydrogen-bond acceptors (Lipinski definition) is 6. The van der Waals surface area contributed by atoms with Gasteiger partial charge in [0.1, 0.15) is 33.6 Å². The SMILES string of the molecule is O=C(Nc1ccc(F)cc1F)[C@@H](Cc1ccccc1)NS(=O)(=O)c1cccc2nsnc12. The second-order valence-corrected chi connectivity index (χ2v) is 9.08. The highest BCUT2D eigenvalue weighted by molar-refractivity contribution is 7.89. The molecule has 1 heterocycles. The number of nitrogens with one attached hydrogen (secondary N) is 2. The summed E-state index contributed by atoms with van der Waals surface area (Å²) in [5, 5.41) is 2.33. The summed E-state index contributed by atoms with van der Waals surface area (Å²) in [6, 6.07) is 14.7. The van der Waals surface area contributed by atoms with Crippen molar-refractivity contribution < 1.29 is 22.0 Å². The Morgan fingerprint density at radius 2 is 1.78 bits per heavy atom. The third-order valence-corrected chi connectivity index (χ3v) is 6.67. The Morgan fingerprint density at radius 3 is 2.53 bits per heavy atom. The van der Waals surface area contributed by atoms with Crippen molar-refractivity contribution in [2.24, 2.45) is 0 Å². The van der Waals surface area contributed by atoms with Crippen molar-refractivity contribution >= 4 is 44.4 Å². The van der Waals surface area contributed by atoms with E-state index in [1.54, 1.807) is 36.4 Å². The minimum Gasteiger partial charge on any atom is -0.322 e. The van der Waals surface area contributed by atoms with Crippen LogP contribution in [-0.2, 0) is 21.2 Å². The molecule has 2 N–H and O–H groups in total. The smallest absolute Gasteiger partial charge is 0.243 e.